The number of likely N-dealkylation sites (tertiary alicyclic amines) is 2. The summed E-state index contributed by atoms with van der Waals surface area (Å²) in [4.78, 5) is 36.2. The van der Waals surface area contributed by atoms with E-state index in [-0.39, 0.29) is 60.2 Å². The van der Waals surface area contributed by atoms with E-state index in [0.29, 0.717) is 74.2 Å². The SMILES string of the molecule is Cc1cc(F)ccc1[C@@H]1C[C@H](N(C)C)CCN1C(=O)N(C)Cc1cc(C(F)(F)F)cc(C(F)(F)F)c1.Cc1cc(F)ccc1[C@H]1C[C@@H](N(C)C)CCN1C(=O)N(C)Cc1cc(C(F)(F)F)cc(C(F)(F)F)c1.Cl.Cl. The quantitative estimate of drug-likeness (QED) is 0.165. The Morgan fingerprint density at radius 2 is 0.770 bits per heavy atom. The highest BCUT2D eigenvalue weighted by atomic mass is 35.5. The maximum absolute atomic E-state index is 13.7. The highest BCUT2D eigenvalue weighted by Crippen LogP contribution is 2.41. The van der Waals surface area contributed by atoms with Gasteiger partial charge in [0.25, 0.3) is 0 Å². The van der Waals surface area contributed by atoms with E-state index in [1.54, 1.807) is 35.8 Å². The smallest absolute Gasteiger partial charge is 0.323 e. The summed E-state index contributed by atoms with van der Waals surface area (Å²) in [5.74, 6) is -0.840. The first-order chi connectivity index (χ1) is 33.1. The molecule has 2 fully saturated rings. The molecule has 8 nitrogen and oxygen atoms in total. The van der Waals surface area contributed by atoms with Crippen LogP contribution in [0, 0.1) is 25.5 Å². The van der Waals surface area contributed by atoms with Crippen LogP contribution in [0.3, 0.4) is 0 Å². The summed E-state index contributed by atoms with van der Waals surface area (Å²) in [6.07, 6.45) is -17.6. The summed E-state index contributed by atoms with van der Waals surface area (Å²) in [6, 6.07) is 9.48. The lowest BCUT2D eigenvalue weighted by atomic mass is 9.89. The van der Waals surface area contributed by atoms with Crippen molar-refractivity contribution >= 4 is 36.9 Å². The lowest BCUT2D eigenvalue weighted by Crippen LogP contribution is -2.50. The van der Waals surface area contributed by atoms with Crippen molar-refractivity contribution in [2.24, 2.45) is 0 Å². The molecule has 4 amide bonds. The summed E-state index contributed by atoms with van der Waals surface area (Å²) in [6.45, 7) is 3.20. The molecule has 4 atom stereocenters. The number of hydrogen-bond donors (Lipinski definition) is 0. The van der Waals surface area contributed by atoms with Crippen molar-refractivity contribution in [1.29, 1.82) is 0 Å². The Bertz CT molecular complexity index is 2320. The average molecular weight is 1110 g/mol. The molecule has 24 heteroatoms. The number of hydrogen-bond acceptors (Lipinski definition) is 4. The molecule has 0 saturated carbocycles. The highest BCUT2D eigenvalue weighted by Gasteiger charge is 2.41. The Labute approximate surface area is 433 Å². The second kappa shape index (κ2) is 24.7. The standard InChI is InChI=1S/2C25H28F7N3O.2ClH/c2*1-15-9-19(26)5-6-21(15)22-13-20(33(2)3)7-8-35(22)23(36)34(4)14-16-10-17(24(27,28)29)12-18(11-16)25(30,31)32;;/h2*5-6,9-12,20,22H,7-8,13-14H2,1-4H3;2*1H/t2*20-,22+;;/m10../s1. The van der Waals surface area contributed by atoms with Gasteiger partial charge < -0.3 is 29.4 Å². The Balaban J connectivity index is 0.000000380. The van der Waals surface area contributed by atoms with Crippen molar-refractivity contribution in [2.45, 2.75) is 101 Å². The Morgan fingerprint density at radius 1 is 0.486 bits per heavy atom. The topological polar surface area (TPSA) is 53.6 Å². The lowest BCUT2D eigenvalue weighted by Gasteiger charge is -2.43. The van der Waals surface area contributed by atoms with E-state index in [9.17, 15) is 71.1 Å². The van der Waals surface area contributed by atoms with Crippen LogP contribution in [-0.4, -0.2) is 109 Å². The summed E-state index contributed by atoms with van der Waals surface area (Å²) < 4.78 is 186. The van der Waals surface area contributed by atoms with Gasteiger partial charge in [-0.1, -0.05) is 12.1 Å². The minimum Gasteiger partial charge on any atom is -0.323 e. The largest absolute Gasteiger partial charge is 0.416 e. The van der Waals surface area contributed by atoms with Gasteiger partial charge in [-0.05, 0) is 162 Å². The van der Waals surface area contributed by atoms with Crippen molar-refractivity contribution in [1.82, 2.24) is 29.4 Å². The lowest BCUT2D eigenvalue weighted by molar-refractivity contribution is -0.144. The number of carbonyl (C=O) groups is 2. The molecule has 2 heterocycles. The number of halogens is 16. The van der Waals surface area contributed by atoms with Crippen LogP contribution in [0.1, 0.15) is 93.4 Å². The fourth-order valence-corrected chi connectivity index (χ4v) is 9.25. The van der Waals surface area contributed by atoms with Crippen molar-refractivity contribution < 1.29 is 71.1 Å². The van der Waals surface area contributed by atoms with Crippen LogP contribution in [0.2, 0.25) is 0 Å². The molecule has 4 aromatic carbocycles. The molecule has 0 N–H and O–H groups in total. The molecular weight excluding hydrogens is 1050 g/mol. The number of amides is 4. The van der Waals surface area contributed by atoms with Crippen LogP contribution in [0.25, 0.3) is 0 Å². The molecule has 0 bridgehead atoms. The molecule has 0 spiro atoms. The van der Waals surface area contributed by atoms with Crippen LogP contribution >= 0.6 is 24.8 Å². The fourth-order valence-electron chi connectivity index (χ4n) is 9.25. The predicted octanol–water partition coefficient (Wildman–Crippen LogP) is 13.8. The molecule has 0 unspecified atom stereocenters. The number of aryl methyl sites for hydroxylation is 2. The average Bonchev–Trinajstić information content (AvgIpc) is 3.27. The van der Waals surface area contributed by atoms with E-state index in [1.165, 1.54) is 38.4 Å². The summed E-state index contributed by atoms with van der Waals surface area (Å²) in [7, 11) is 10.3. The number of rotatable bonds is 8. The van der Waals surface area contributed by atoms with Crippen LogP contribution in [-0.2, 0) is 37.8 Å². The van der Waals surface area contributed by atoms with Gasteiger partial charge >= 0.3 is 36.8 Å². The molecule has 2 aliphatic rings. The maximum atomic E-state index is 13.7. The summed E-state index contributed by atoms with van der Waals surface area (Å²) in [5.41, 5.74) is -3.53. The third-order valence-electron chi connectivity index (χ3n) is 13.1. The van der Waals surface area contributed by atoms with Gasteiger partial charge in [-0.15, -0.1) is 24.8 Å². The van der Waals surface area contributed by atoms with E-state index in [0.717, 1.165) is 20.9 Å². The normalized spacial score (nSPS) is 18.5. The van der Waals surface area contributed by atoms with Gasteiger partial charge in [-0.3, -0.25) is 0 Å². The second-order valence-corrected chi connectivity index (χ2v) is 18.8. The first-order valence-electron chi connectivity index (χ1n) is 22.6. The van der Waals surface area contributed by atoms with Crippen molar-refractivity contribution in [3.63, 3.8) is 0 Å². The molecule has 2 saturated heterocycles. The number of carbonyl (C=O) groups excluding carboxylic acids is 2. The Kier molecular flexibility index (Phi) is 21.1. The van der Waals surface area contributed by atoms with E-state index >= 15 is 0 Å². The summed E-state index contributed by atoms with van der Waals surface area (Å²) >= 11 is 0. The van der Waals surface area contributed by atoms with Gasteiger partial charge in [-0.25, -0.2) is 18.4 Å². The van der Waals surface area contributed by atoms with E-state index in [4.69, 9.17) is 0 Å². The van der Waals surface area contributed by atoms with Crippen molar-refractivity contribution in [2.75, 3.05) is 55.4 Å². The van der Waals surface area contributed by atoms with Gasteiger partial charge in [0.1, 0.15) is 11.6 Å². The van der Waals surface area contributed by atoms with Gasteiger partial charge in [0.2, 0.25) is 0 Å². The van der Waals surface area contributed by atoms with E-state index in [1.807, 2.05) is 38.0 Å². The van der Waals surface area contributed by atoms with Gasteiger partial charge in [0.15, 0.2) is 0 Å². The van der Waals surface area contributed by atoms with Crippen LogP contribution in [0.15, 0.2) is 72.8 Å². The first-order valence-corrected chi connectivity index (χ1v) is 22.6. The molecule has 412 valence electrons. The molecule has 74 heavy (non-hydrogen) atoms. The van der Waals surface area contributed by atoms with Crippen LogP contribution in [0.4, 0.5) is 71.1 Å². The molecule has 0 aromatic heterocycles. The summed E-state index contributed by atoms with van der Waals surface area (Å²) in [5, 5.41) is 0. The molecular formula is C50H58Cl2F14N6O2. The molecule has 6 rings (SSSR count). The monoisotopic (exact) mass is 1110 g/mol. The maximum Gasteiger partial charge on any atom is 0.416 e. The van der Waals surface area contributed by atoms with Gasteiger partial charge in [-0.2, -0.15) is 52.7 Å². The zero-order valence-electron chi connectivity index (χ0n) is 41.5. The third-order valence-corrected chi connectivity index (χ3v) is 13.1. The number of piperidine rings is 2. The minimum absolute atomic E-state index is 0. The van der Waals surface area contributed by atoms with Gasteiger partial charge in [0.05, 0.1) is 34.3 Å². The predicted molar refractivity (Wildman–Crippen MR) is 256 cm³/mol. The fraction of sp³-hybridized carbons (Fsp3) is 0.480. The van der Waals surface area contributed by atoms with Crippen molar-refractivity contribution in [3.8, 4) is 0 Å². The first kappa shape index (κ1) is 63.2. The zero-order valence-corrected chi connectivity index (χ0v) is 43.1. The third kappa shape index (κ3) is 16.0. The zero-order chi connectivity index (χ0) is 54.0. The second-order valence-electron chi connectivity index (χ2n) is 18.8. The highest BCUT2D eigenvalue weighted by molar-refractivity contribution is 5.85. The van der Waals surface area contributed by atoms with E-state index in [2.05, 4.69) is 0 Å². The minimum atomic E-state index is -4.97. The molecule has 0 radical (unpaired) electrons. The Morgan fingerprint density at radius 3 is 1.01 bits per heavy atom. The van der Waals surface area contributed by atoms with Crippen LogP contribution in [0.5, 0.6) is 0 Å². The molecule has 2 aliphatic heterocycles. The number of nitrogens with zero attached hydrogens (tertiary/aromatic N) is 6. The number of alkyl halides is 12. The number of urea groups is 2. The molecule has 0 aliphatic carbocycles. The Hall–Kier alpha value is -5.06. The van der Waals surface area contributed by atoms with E-state index < -0.39 is 95.8 Å². The molecule has 4 aromatic rings. The van der Waals surface area contributed by atoms with Crippen molar-refractivity contribution in [3.05, 3.63) is 140 Å². The van der Waals surface area contributed by atoms with Gasteiger partial charge in [0, 0.05) is 52.4 Å². The number of benzene rings is 4. The van der Waals surface area contributed by atoms with Crippen LogP contribution < -0.4 is 0 Å².